The van der Waals surface area contributed by atoms with Crippen LogP contribution in [-0.4, -0.2) is 40.2 Å². The van der Waals surface area contributed by atoms with Crippen LogP contribution in [0.5, 0.6) is 0 Å². The van der Waals surface area contributed by atoms with Crippen LogP contribution in [0.15, 0.2) is 42.5 Å². The molecule has 0 heterocycles. The first kappa shape index (κ1) is 20.4. The highest BCUT2D eigenvalue weighted by Crippen LogP contribution is 2.22. The summed E-state index contributed by atoms with van der Waals surface area (Å²) in [5.74, 6) is -0.845. The summed E-state index contributed by atoms with van der Waals surface area (Å²) in [5.41, 5.74) is 2.32. The van der Waals surface area contributed by atoms with Crippen LogP contribution in [0.3, 0.4) is 0 Å². The highest BCUT2D eigenvalue weighted by atomic mass is 32.2. The van der Waals surface area contributed by atoms with Gasteiger partial charge in [0, 0.05) is 17.8 Å². The lowest BCUT2D eigenvalue weighted by Crippen LogP contribution is -2.29. The normalized spacial score (nSPS) is 11.0. The number of benzene rings is 2. The second-order valence-corrected chi connectivity index (χ2v) is 7.81. The molecular weight excluding hydrogens is 368 g/mol. The Balaban J connectivity index is 2.24. The van der Waals surface area contributed by atoms with Gasteiger partial charge < -0.3 is 10.1 Å². The summed E-state index contributed by atoms with van der Waals surface area (Å²) in [6.07, 6.45) is 1.13. The van der Waals surface area contributed by atoms with Crippen molar-refractivity contribution in [3.05, 3.63) is 59.2 Å². The summed E-state index contributed by atoms with van der Waals surface area (Å²) in [4.78, 5) is 24.3. The average Bonchev–Trinajstić information content (AvgIpc) is 2.62. The number of anilines is 2. The van der Waals surface area contributed by atoms with Gasteiger partial charge in [-0.1, -0.05) is 6.07 Å². The minimum absolute atomic E-state index is 0.296. The number of carbonyl (C=O) groups excluding carboxylic acids is 2. The Morgan fingerprint density at radius 1 is 1.11 bits per heavy atom. The number of ether oxygens (including phenoxy) is 1. The molecule has 0 unspecified atom stereocenters. The Labute approximate surface area is 159 Å². The van der Waals surface area contributed by atoms with Gasteiger partial charge in [0.05, 0.1) is 24.6 Å². The number of methoxy groups -OCH3 is 1. The van der Waals surface area contributed by atoms with Crippen LogP contribution in [0.2, 0.25) is 0 Å². The SMILES string of the molecule is CCN(c1ccc(C(=O)Nc2cccc(C(=O)OC)c2C)cc1)S(C)(=O)=O. The summed E-state index contributed by atoms with van der Waals surface area (Å²) >= 11 is 0. The molecule has 1 amide bonds. The van der Waals surface area contributed by atoms with E-state index in [4.69, 9.17) is 4.74 Å². The van der Waals surface area contributed by atoms with Crippen molar-refractivity contribution in [2.24, 2.45) is 0 Å². The van der Waals surface area contributed by atoms with Crippen LogP contribution in [0, 0.1) is 6.92 Å². The number of hydrogen-bond donors (Lipinski definition) is 1. The molecule has 0 saturated carbocycles. The van der Waals surface area contributed by atoms with E-state index in [1.165, 1.54) is 11.4 Å². The van der Waals surface area contributed by atoms with Crippen LogP contribution in [0.25, 0.3) is 0 Å². The Hall–Kier alpha value is -2.87. The topological polar surface area (TPSA) is 92.8 Å². The highest BCUT2D eigenvalue weighted by Gasteiger charge is 2.17. The molecule has 2 rings (SSSR count). The third kappa shape index (κ3) is 4.65. The summed E-state index contributed by atoms with van der Waals surface area (Å²) in [6, 6.07) is 11.2. The molecule has 0 aromatic heterocycles. The highest BCUT2D eigenvalue weighted by molar-refractivity contribution is 7.92. The molecule has 0 aliphatic heterocycles. The van der Waals surface area contributed by atoms with Gasteiger partial charge >= 0.3 is 5.97 Å². The van der Waals surface area contributed by atoms with E-state index in [0.29, 0.717) is 34.6 Å². The fourth-order valence-corrected chi connectivity index (χ4v) is 3.66. The zero-order chi connectivity index (χ0) is 20.2. The number of hydrogen-bond acceptors (Lipinski definition) is 5. The second kappa shape index (κ2) is 8.22. The number of nitrogens with zero attached hydrogens (tertiary/aromatic N) is 1. The quantitative estimate of drug-likeness (QED) is 0.766. The first-order chi connectivity index (χ1) is 12.7. The van der Waals surface area contributed by atoms with Gasteiger partial charge in [0.1, 0.15) is 0 Å². The van der Waals surface area contributed by atoms with E-state index >= 15 is 0 Å². The molecule has 0 spiro atoms. The van der Waals surface area contributed by atoms with Crippen molar-refractivity contribution < 1.29 is 22.7 Å². The van der Waals surface area contributed by atoms with Crippen molar-refractivity contribution in [2.75, 3.05) is 29.5 Å². The molecule has 0 atom stereocenters. The molecule has 0 aliphatic carbocycles. The number of rotatable bonds is 6. The number of esters is 1. The van der Waals surface area contributed by atoms with E-state index in [1.54, 1.807) is 56.3 Å². The van der Waals surface area contributed by atoms with Crippen molar-refractivity contribution in [3.8, 4) is 0 Å². The van der Waals surface area contributed by atoms with Gasteiger partial charge in [-0.25, -0.2) is 13.2 Å². The van der Waals surface area contributed by atoms with Gasteiger partial charge in [-0.3, -0.25) is 9.10 Å². The molecular formula is C19H22N2O5S. The van der Waals surface area contributed by atoms with Gasteiger partial charge in [0.2, 0.25) is 10.0 Å². The summed E-state index contributed by atoms with van der Waals surface area (Å²) in [5, 5.41) is 2.76. The maximum atomic E-state index is 12.5. The number of nitrogens with one attached hydrogen (secondary N) is 1. The lowest BCUT2D eigenvalue weighted by Gasteiger charge is -2.20. The summed E-state index contributed by atoms with van der Waals surface area (Å²) < 4.78 is 29.5. The van der Waals surface area contributed by atoms with E-state index in [2.05, 4.69) is 5.32 Å². The van der Waals surface area contributed by atoms with Crippen molar-refractivity contribution in [3.63, 3.8) is 0 Å². The zero-order valence-electron chi connectivity index (χ0n) is 15.6. The Kier molecular flexibility index (Phi) is 6.22. The predicted octanol–water partition coefficient (Wildman–Crippen LogP) is 2.82. The number of sulfonamides is 1. The Bertz CT molecular complexity index is 953. The molecule has 2 aromatic carbocycles. The molecule has 8 heteroatoms. The van der Waals surface area contributed by atoms with Crippen LogP contribution < -0.4 is 9.62 Å². The molecule has 0 saturated heterocycles. The molecule has 0 radical (unpaired) electrons. The van der Waals surface area contributed by atoms with Gasteiger partial charge in [0.25, 0.3) is 5.91 Å². The van der Waals surface area contributed by atoms with E-state index in [9.17, 15) is 18.0 Å². The monoisotopic (exact) mass is 390 g/mol. The molecule has 7 nitrogen and oxygen atoms in total. The van der Waals surface area contributed by atoms with Crippen molar-refractivity contribution in [1.29, 1.82) is 0 Å². The Morgan fingerprint density at radius 3 is 2.26 bits per heavy atom. The van der Waals surface area contributed by atoms with E-state index in [-0.39, 0.29) is 5.91 Å². The predicted molar refractivity (Wildman–Crippen MR) is 105 cm³/mol. The minimum Gasteiger partial charge on any atom is -0.465 e. The standard InChI is InChI=1S/C19H22N2O5S/c1-5-21(27(4,24)25)15-11-9-14(10-12-15)18(22)20-17-8-6-7-16(13(17)2)19(23)26-3/h6-12H,5H2,1-4H3,(H,20,22). The number of amides is 1. The van der Waals surface area contributed by atoms with E-state index in [1.807, 2.05) is 0 Å². The molecule has 27 heavy (non-hydrogen) atoms. The molecule has 0 bridgehead atoms. The van der Waals surface area contributed by atoms with Gasteiger partial charge in [-0.05, 0) is 55.8 Å². The average molecular weight is 390 g/mol. The van der Waals surface area contributed by atoms with Gasteiger partial charge in [-0.2, -0.15) is 0 Å². The lowest BCUT2D eigenvalue weighted by molar-refractivity contribution is 0.0599. The molecule has 144 valence electrons. The smallest absolute Gasteiger partial charge is 0.338 e. The maximum Gasteiger partial charge on any atom is 0.338 e. The molecule has 0 aliphatic rings. The van der Waals surface area contributed by atoms with Gasteiger partial charge in [0.15, 0.2) is 0 Å². The van der Waals surface area contributed by atoms with Crippen molar-refractivity contribution in [2.45, 2.75) is 13.8 Å². The molecule has 0 fully saturated rings. The largest absolute Gasteiger partial charge is 0.465 e. The minimum atomic E-state index is -3.38. The molecule has 1 N–H and O–H groups in total. The van der Waals surface area contributed by atoms with E-state index in [0.717, 1.165) is 6.26 Å². The zero-order valence-corrected chi connectivity index (χ0v) is 16.5. The second-order valence-electron chi connectivity index (χ2n) is 5.90. The van der Waals surface area contributed by atoms with Crippen LogP contribution in [-0.2, 0) is 14.8 Å². The first-order valence-electron chi connectivity index (χ1n) is 8.26. The van der Waals surface area contributed by atoms with Crippen LogP contribution in [0.4, 0.5) is 11.4 Å². The Morgan fingerprint density at radius 2 is 1.74 bits per heavy atom. The third-order valence-electron chi connectivity index (χ3n) is 4.09. The lowest BCUT2D eigenvalue weighted by atomic mass is 10.1. The van der Waals surface area contributed by atoms with Crippen LogP contribution >= 0.6 is 0 Å². The van der Waals surface area contributed by atoms with Gasteiger partial charge in [-0.15, -0.1) is 0 Å². The maximum absolute atomic E-state index is 12.5. The fourth-order valence-electron chi connectivity index (χ4n) is 2.68. The molecule has 2 aromatic rings. The third-order valence-corrected chi connectivity index (χ3v) is 5.36. The fraction of sp³-hybridized carbons (Fsp3) is 0.263. The van der Waals surface area contributed by atoms with Crippen molar-refractivity contribution >= 4 is 33.3 Å². The summed E-state index contributed by atoms with van der Waals surface area (Å²) in [6.45, 7) is 3.75. The first-order valence-corrected chi connectivity index (χ1v) is 10.1. The number of carbonyl (C=O) groups is 2. The van der Waals surface area contributed by atoms with Crippen LogP contribution in [0.1, 0.15) is 33.2 Å². The van der Waals surface area contributed by atoms with Crippen molar-refractivity contribution in [1.82, 2.24) is 0 Å². The van der Waals surface area contributed by atoms with E-state index < -0.39 is 16.0 Å². The summed E-state index contributed by atoms with van der Waals surface area (Å²) in [7, 11) is -2.09.